The van der Waals surface area contributed by atoms with Gasteiger partial charge in [0.05, 0.1) is 11.8 Å². The second kappa shape index (κ2) is 6.42. The second-order valence-corrected chi connectivity index (χ2v) is 7.60. The van der Waals surface area contributed by atoms with Crippen LogP contribution in [-0.4, -0.2) is 48.1 Å². The van der Waals surface area contributed by atoms with Gasteiger partial charge in [-0.1, -0.05) is 13.8 Å². The number of carboxylic acids is 1. The minimum atomic E-state index is -4.39. The molecule has 2 aliphatic carbocycles. The van der Waals surface area contributed by atoms with Crippen molar-refractivity contribution in [3.05, 3.63) is 0 Å². The normalized spacial score (nSPS) is 35.1. The van der Waals surface area contributed by atoms with Crippen LogP contribution in [-0.2, 0) is 33.4 Å². The molecule has 2 saturated carbocycles. The SMILES string of the molecule is CC(=O)OC1C2CC3C1OC(=O)C3C2C(=O)OC(C(C)C)C(F)(F)C(=O)[O-]. The molecule has 150 valence electrons. The molecule has 0 aromatic heterocycles. The molecule has 3 aliphatic rings. The van der Waals surface area contributed by atoms with Gasteiger partial charge in [-0.15, -0.1) is 0 Å². The van der Waals surface area contributed by atoms with E-state index in [4.69, 9.17) is 14.2 Å². The maximum atomic E-state index is 13.9. The molecular weight excluding hydrogens is 370 g/mol. The van der Waals surface area contributed by atoms with Crippen LogP contribution in [0.4, 0.5) is 8.78 Å². The van der Waals surface area contributed by atoms with E-state index in [0.717, 1.165) is 0 Å². The molecule has 3 fully saturated rings. The highest BCUT2D eigenvalue weighted by atomic mass is 19.3. The van der Waals surface area contributed by atoms with Crippen LogP contribution >= 0.6 is 0 Å². The number of carboxylic acid groups (broad SMARTS) is 1. The van der Waals surface area contributed by atoms with Crippen molar-refractivity contribution in [1.82, 2.24) is 0 Å². The van der Waals surface area contributed by atoms with E-state index in [0.29, 0.717) is 6.42 Å². The van der Waals surface area contributed by atoms with Gasteiger partial charge in [-0.2, -0.15) is 8.78 Å². The third kappa shape index (κ3) is 2.94. The Morgan fingerprint density at radius 1 is 1.26 bits per heavy atom. The van der Waals surface area contributed by atoms with Gasteiger partial charge in [0, 0.05) is 18.8 Å². The van der Waals surface area contributed by atoms with E-state index in [-0.39, 0.29) is 5.92 Å². The van der Waals surface area contributed by atoms with Crippen molar-refractivity contribution < 1.29 is 47.3 Å². The summed E-state index contributed by atoms with van der Waals surface area (Å²) < 4.78 is 43.1. The van der Waals surface area contributed by atoms with E-state index in [9.17, 15) is 33.1 Å². The van der Waals surface area contributed by atoms with Gasteiger partial charge in [0.15, 0.2) is 6.10 Å². The van der Waals surface area contributed by atoms with Crippen LogP contribution in [0.2, 0.25) is 0 Å². The lowest BCUT2D eigenvalue weighted by Crippen LogP contribution is -2.54. The molecule has 2 bridgehead atoms. The summed E-state index contributed by atoms with van der Waals surface area (Å²) in [7, 11) is 0. The molecule has 0 aromatic rings. The summed E-state index contributed by atoms with van der Waals surface area (Å²) in [5.41, 5.74) is 0. The highest BCUT2D eigenvalue weighted by Gasteiger charge is 2.70. The van der Waals surface area contributed by atoms with Crippen molar-refractivity contribution in [3.8, 4) is 0 Å². The van der Waals surface area contributed by atoms with Crippen LogP contribution in [0.1, 0.15) is 27.2 Å². The molecule has 7 atom stereocenters. The fourth-order valence-electron chi connectivity index (χ4n) is 4.61. The molecule has 8 nitrogen and oxygen atoms in total. The summed E-state index contributed by atoms with van der Waals surface area (Å²) in [5, 5.41) is 10.8. The molecular formula is C17H19F2O8-. The first kappa shape index (κ1) is 19.5. The highest BCUT2D eigenvalue weighted by Crippen LogP contribution is 2.59. The van der Waals surface area contributed by atoms with Crippen molar-refractivity contribution in [2.75, 3.05) is 0 Å². The molecule has 0 N–H and O–H groups in total. The Bertz CT molecular complexity index is 690. The Hall–Kier alpha value is -2.26. The van der Waals surface area contributed by atoms with Crippen LogP contribution in [0.5, 0.6) is 0 Å². The summed E-state index contributed by atoms with van der Waals surface area (Å²) in [4.78, 5) is 46.9. The minimum Gasteiger partial charge on any atom is -0.544 e. The minimum absolute atomic E-state index is 0.349. The lowest BCUT2D eigenvalue weighted by atomic mass is 9.78. The van der Waals surface area contributed by atoms with Crippen LogP contribution < -0.4 is 5.11 Å². The number of carbonyl (C=O) groups is 4. The smallest absolute Gasteiger partial charge is 0.323 e. The van der Waals surface area contributed by atoms with Gasteiger partial charge in [-0.3, -0.25) is 14.4 Å². The van der Waals surface area contributed by atoms with Crippen LogP contribution in [0, 0.1) is 29.6 Å². The van der Waals surface area contributed by atoms with E-state index >= 15 is 0 Å². The number of rotatable bonds is 6. The summed E-state index contributed by atoms with van der Waals surface area (Å²) >= 11 is 0. The summed E-state index contributed by atoms with van der Waals surface area (Å²) in [6.07, 6.45) is -3.42. The Labute approximate surface area is 153 Å². The first-order valence-corrected chi connectivity index (χ1v) is 8.64. The maximum Gasteiger partial charge on any atom is 0.323 e. The Kier molecular flexibility index (Phi) is 4.63. The standard InChI is InChI=1S/C17H20F2O8/c1-5(2)13(17(18,19)16(23)24)27-15(22)10-7-4-8-9(10)14(21)26-12(8)11(7)25-6(3)20/h5,7-13H,4H2,1-3H3,(H,23,24)/p-1. The Morgan fingerprint density at radius 3 is 2.41 bits per heavy atom. The van der Waals surface area contributed by atoms with Crippen molar-refractivity contribution in [2.45, 2.75) is 51.4 Å². The fraction of sp³-hybridized carbons (Fsp3) is 0.765. The van der Waals surface area contributed by atoms with E-state index in [1.807, 2.05) is 0 Å². The van der Waals surface area contributed by atoms with E-state index in [1.54, 1.807) is 0 Å². The van der Waals surface area contributed by atoms with Crippen molar-refractivity contribution in [1.29, 1.82) is 0 Å². The molecule has 0 aromatic carbocycles. The quantitative estimate of drug-likeness (QED) is 0.448. The molecule has 10 heteroatoms. The number of aliphatic carboxylic acids is 1. The predicted octanol–water partition coefficient (Wildman–Crippen LogP) is -0.321. The van der Waals surface area contributed by atoms with Crippen LogP contribution in [0.3, 0.4) is 0 Å². The molecule has 0 radical (unpaired) electrons. The largest absolute Gasteiger partial charge is 0.544 e. The monoisotopic (exact) mass is 389 g/mol. The number of hydrogen-bond acceptors (Lipinski definition) is 8. The first-order valence-electron chi connectivity index (χ1n) is 8.64. The van der Waals surface area contributed by atoms with Gasteiger partial charge in [0.25, 0.3) is 0 Å². The number of fused-ring (bicyclic) bond motifs is 1. The van der Waals surface area contributed by atoms with Gasteiger partial charge >= 0.3 is 23.8 Å². The maximum absolute atomic E-state index is 13.9. The van der Waals surface area contributed by atoms with Crippen molar-refractivity contribution in [3.63, 3.8) is 0 Å². The number of hydrogen-bond donors (Lipinski definition) is 0. The summed E-state index contributed by atoms with van der Waals surface area (Å²) in [6, 6.07) is 0. The van der Waals surface area contributed by atoms with E-state index in [1.165, 1.54) is 20.8 Å². The zero-order valence-electron chi connectivity index (χ0n) is 14.8. The third-order valence-corrected chi connectivity index (χ3v) is 5.60. The molecule has 1 saturated heterocycles. The number of esters is 3. The van der Waals surface area contributed by atoms with Gasteiger partial charge in [0.2, 0.25) is 0 Å². The molecule has 1 heterocycles. The number of halogens is 2. The van der Waals surface area contributed by atoms with Gasteiger partial charge in [-0.25, -0.2) is 0 Å². The third-order valence-electron chi connectivity index (χ3n) is 5.60. The van der Waals surface area contributed by atoms with E-state index in [2.05, 4.69) is 0 Å². The average molecular weight is 389 g/mol. The molecule has 0 spiro atoms. The molecule has 27 heavy (non-hydrogen) atoms. The molecule has 1 aliphatic heterocycles. The first-order chi connectivity index (χ1) is 12.5. The Morgan fingerprint density at radius 2 is 1.89 bits per heavy atom. The topological polar surface area (TPSA) is 119 Å². The average Bonchev–Trinajstić information content (AvgIpc) is 3.14. The summed E-state index contributed by atoms with van der Waals surface area (Å²) in [5.74, 6) is -13.5. The number of carbonyl (C=O) groups excluding carboxylic acids is 4. The zero-order valence-corrected chi connectivity index (χ0v) is 14.8. The van der Waals surface area contributed by atoms with Crippen LogP contribution in [0.15, 0.2) is 0 Å². The molecule has 7 unspecified atom stereocenters. The van der Waals surface area contributed by atoms with Crippen molar-refractivity contribution >= 4 is 23.9 Å². The fourth-order valence-corrected chi connectivity index (χ4v) is 4.61. The highest BCUT2D eigenvalue weighted by molar-refractivity contribution is 5.86. The summed E-state index contributed by atoms with van der Waals surface area (Å²) in [6.45, 7) is 3.72. The van der Waals surface area contributed by atoms with Crippen molar-refractivity contribution in [2.24, 2.45) is 29.6 Å². The van der Waals surface area contributed by atoms with Gasteiger partial charge < -0.3 is 24.1 Å². The zero-order chi connectivity index (χ0) is 20.3. The molecule has 3 rings (SSSR count). The van der Waals surface area contributed by atoms with Gasteiger partial charge in [0.1, 0.15) is 18.2 Å². The number of ether oxygens (including phenoxy) is 3. The van der Waals surface area contributed by atoms with E-state index < -0.39 is 71.8 Å². The number of alkyl halides is 2. The second-order valence-electron chi connectivity index (χ2n) is 7.60. The Balaban J connectivity index is 1.84. The van der Waals surface area contributed by atoms with Crippen LogP contribution in [0.25, 0.3) is 0 Å². The lowest BCUT2D eigenvalue weighted by Gasteiger charge is -2.34. The van der Waals surface area contributed by atoms with Gasteiger partial charge in [-0.05, 0) is 12.3 Å². The predicted molar refractivity (Wildman–Crippen MR) is 78.7 cm³/mol. The molecule has 0 amide bonds. The lowest BCUT2D eigenvalue weighted by molar-refractivity contribution is -0.337.